The zero-order valence-electron chi connectivity index (χ0n) is 19.3. The van der Waals surface area contributed by atoms with E-state index >= 15 is 0 Å². The van der Waals surface area contributed by atoms with E-state index in [9.17, 15) is 24.0 Å². The fourth-order valence-corrected chi connectivity index (χ4v) is 3.34. The van der Waals surface area contributed by atoms with Crippen molar-refractivity contribution in [1.29, 1.82) is 0 Å². The zero-order chi connectivity index (χ0) is 25.3. The Morgan fingerprint density at radius 1 is 0.824 bits per heavy atom. The minimum atomic E-state index is -1.29. The first-order valence-electron chi connectivity index (χ1n) is 10.4. The maximum absolute atomic E-state index is 12.5. The highest BCUT2D eigenvalue weighted by Gasteiger charge is 2.51. The molecule has 1 saturated heterocycles. The second-order valence-corrected chi connectivity index (χ2v) is 7.48. The van der Waals surface area contributed by atoms with Gasteiger partial charge in [-0.25, -0.2) is 4.79 Å². The maximum Gasteiger partial charge on any atom is 0.409 e. The number of benzene rings is 1. The molecule has 1 heterocycles. The number of amides is 2. The van der Waals surface area contributed by atoms with Crippen LogP contribution in [0, 0.1) is 0 Å². The summed E-state index contributed by atoms with van der Waals surface area (Å²) in [5.41, 5.74) is 0.737. The molecule has 0 bridgehead atoms. The van der Waals surface area contributed by atoms with Crippen molar-refractivity contribution in [1.82, 2.24) is 10.6 Å². The third-order valence-corrected chi connectivity index (χ3v) is 4.59. The van der Waals surface area contributed by atoms with E-state index in [4.69, 9.17) is 23.7 Å². The van der Waals surface area contributed by atoms with Crippen LogP contribution in [0.2, 0.25) is 0 Å². The summed E-state index contributed by atoms with van der Waals surface area (Å²) in [5, 5.41) is 5.01. The molecule has 1 aromatic carbocycles. The molecule has 0 aromatic heterocycles. The third-order valence-electron chi connectivity index (χ3n) is 4.59. The molecule has 0 aliphatic carbocycles. The first-order valence-corrected chi connectivity index (χ1v) is 10.4. The van der Waals surface area contributed by atoms with Crippen molar-refractivity contribution in [3.8, 4) is 0 Å². The summed E-state index contributed by atoms with van der Waals surface area (Å²) < 4.78 is 26.7. The van der Waals surface area contributed by atoms with Gasteiger partial charge < -0.3 is 29.0 Å². The second-order valence-electron chi connectivity index (χ2n) is 7.48. The van der Waals surface area contributed by atoms with E-state index in [-0.39, 0.29) is 13.2 Å². The normalized spacial score (nSPS) is 23.7. The summed E-state index contributed by atoms with van der Waals surface area (Å²) in [6, 6.07) is 7.75. The van der Waals surface area contributed by atoms with Crippen LogP contribution in [0.25, 0.3) is 0 Å². The standard InChI is InChI=1S/C22H28N2O10/c1-12(25)23-18-20(33-15(4)28)19(32-14(3)27)17(11-30-13(2)26)34-21(18)24-22(29)31-10-16-8-6-5-7-9-16/h5-9,17-21H,10-11H2,1-4H3,(H,23,25)(H,24,29)/t17-,18-,19-,20-,21-/m1/s1. The Bertz CT molecular complexity index is 891. The lowest BCUT2D eigenvalue weighted by Gasteiger charge is -2.45. The molecule has 0 unspecified atom stereocenters. The van der Waals surface area contributed by atoms with Crippen LogP contribution in [-0.4, -0.2) is 67.1 Å². The summed E-state index contributed by atoms with van der Waals surface area (Å²) in [7, 11) is 0. The molecule has 2 amide bonds. The van der Waals surface area contributed by atoms with Crippen LogP contribution >= 0.6 is 0 Å². The van der Waals surface area contributed by atoms with Gasteiger partial charge in [0.1, 0.15) is 25.4 Å². The van der Waals surface area contributed by atoms with Crippen LogP contribution in [0.4, 0.5) is 4.79 Å². The smallest absolute Gasteiger partial charge is 0.409 e. The van der Waals surface area contributed by atoms with Gasteiger partial charge in [-0.3, -0.25) is 24.5 Å². The molecule has 34 heavy (non-hydrogen) atoms. The van der Waals surface area contributed by atoms with Gasteiger partial charge in [0.15, 0.2) is 18.4 Å². The van der Waals surface area contributed by atoms with Gasteiger partial charge in [0, 0.05) is 27.7 Å². The van der Waals surface area contributed by atoms with E-state index in [0.717, 1.165) is 19.4 Å². The van der Waals surface area contributed by atoms with E-state index in [1.54, 1.807) is 24.3 Å². The Balaban J connectivity index is 2.29. The lowest BCUT2D eigenvalue weighted by molar-refractivity contribution is -0.226. The van der Waals surface area contributed by atoms with Crippen molar-refractivity contribution in [2.75, 3.05) is 6.61 Å². The number of hydrogen-bond donors (Lipinski definition) is 2. The molecule has 2 N–H and O–H groups in total. The molecule has 1 aliphatic rings. The van der Waals surface area contributed by atoms with Gasteiger partial charge in [-0.05, 0) is 5.56 Å². The molecule has 0 saturated carbocycles. The number of ether oxygens (including phenoxy) is 5. The van der Waals surface area contributed by atoms with Gasteiger partial charge >= 0.3 is 24.0 Å². The SMILES string of the molecule is CC(=O)N[C@@H]1[C@@H](OC(C)=O)[C@H](OC(C)=O)[C@@H](COC(C)=O)O[C@H]1NC(=O)OCc1ccccc1. The topological polar surface area (TPSA) is 156 Å². The molecule has 2 rings (SSSR count). The molecule has 0 spiro atoms. The average molecular weight is 480 g/mol. The average Bonchev–Trinajstić information content (AvgIpc) is 2.75. The van der Waals surface area contributed by atoms with Crippen LogP contribution < -0.4 is 10.6 Å². The highest BCUT2D eigenvalue weighted by molar-refractivity contribution is 5.74. The first-order chi connectivity index (χ1) is 16.1. The van der Waals surface area contributed by atoms with Crippen molar-refractivity contribution in [2.45, 2.75) is 64.9 Å². The van der Waals surface area contributed by atoms with E-state index in [1.807, 2.05) is 6.07 Å². The van der Waals surface area contributed by atoms with Crippen molar-refractivity contribution >= 4 is 29.9 Å². The Labute approximate surface area is 196 Å². The van der Waals surface area contributed by atoms with Crippen molar-refractivity contribution in [3.05, 3.63) is 35.9 Å². The summed E-state index contributed by atoms with van der Waals surface area (Å²) in [6.45, 7) is 4.22. The van der Waals surface area contributed by atoms with Gasteiger partial charge in [-0.1, -0.05) is 30.3 Å². The number of rotatable bonds is 8. The molecule has 186 valence electrons. The molecule has 1 fully saturated rings. The van der Waals surface area contributed by atoms with Gasteiger partial charge in [-0.15, -0.1) is 0 Å². The third kappa shape index (κ3) is 8.35. The number of carbonyl (C=O) groups excluding carboxylic acids is 5. The minimum Gasteiger partial charge on any atom is -0.463 e. The molecular formula is C22H28N2O10. The second kappa shape index (κ2) is 12.5. The first kappa shape index (κ1) is 26.6. The monoisotopic (exact) mass is 480 g/mol. The Morgan fingerprint density at radius 3 is 2.00 bits per heavy atom. The molecule has 0 radical (unpaired) electrons. The number of nitrogens with one attached hydrogen (secondary N) is 2. The molecule has 1 aliphatic heterocycles. The van der Waals surface area contributed by atoms with Gasteiger partial charge in [0.05, 0.1) is 0 Å². The molecular weight excluding hydrogens is 452 g/mol. The van der Waals surface area contributed by atoms with E-state index < -0.39 is 60.5 Å². The quantitative estimate of drug-likeness (QED) is 0.398. The number of hydrogen-bond acceptors (Lipinski definition) is 10. The van der Waals surface area contributed by atoms with Crippen molar-refractivity contribution < 1.29 is 47.7 Å². The Hall–Kier alpha value is -3.67. The van der Waals surface area contributed by atoms with Crippen molar-refractivity contribution in [3.63, 3.8) is 0 Å². The van der Waals surface area contributed by atoms with Gasteiger partial charge in [-0.2, -0.15) is 0 Å². The fourth-order valence-electron chi connectivity index (χ4n) is 3.34. The van der Waals surface area contributed by atoms with Gasteiger partial charge in [0.25, 0.3) is 0 Å². The summed E-state index contributed by atoms with van der Waals surface area (Å²) >= 11 is 0. The highest BCUT2D eigenvalue weighted by Crippen LogP contribution is 2.26. The van der Waals surface area contributed by atoms with E-state index in [1.165, 1.54) is 13.8 Å². The molecule has 5 atom stereocenters. The Morgan fingerprint density at radius 2 is 1.44 bits per heavy atom. The number of carbonyl (C=O) groups is 5. The molecule has 1 aromatic rings. The minimum absolute atomic E-state index is 0.0372. The summed E-state index contributed by atoms with van der Waals surface area (Å²) in [4.78, 5) is 59.3. The molecule has 12 heteroatoms. The largest absolute Gasteiger partial charge is 0.463 e. The molecule has 12 nitrogen and oxygen atoms in total. The maximum atomic E-state index is 12.5. The predicted octanol–water partition coefficient (Wildman–Crippen LogP) is 0.569. The fraction of sp³-hybridized carbons (Fsp3) is 0.500. The number of esters is 3. The lowest BCUT2D eigenvalue weighted by Crippen LogP contribution is -2.69. The van der Waals surface area contributed by atoms with Crippen molar-refractivity contribution in [2.24, 2.45) is 0 Å². The lowest BCUT2D eigenvalue weighted by atomic mass is 9.95. The zero-order valence-corrected chi connectivity index (χ0v) is 19.3. The van der Waals surface area contributed by atoms with E-state index in [2.05, 4.69) is 10.6 Å². The van der Waals surface area contributed by atoms with Crippen LogP contribution in [0.5, 0.6) is 0 Å². The summed E-state index contributed by atoms with van der Waals surface area (Å²) in [6.07, 6.45) is -5.84. The number of alkyl carbamates (subject to hydrolysis) is 1. The Kier molecular flexibility index (Phi) is 9.80. The predicted molar refractivity (Wildman–Crippen MR) is 114 cm³/mol. The van der Waals surface area contributed by atoms with Crippen LogP contribution in [-0.2, 0) is 49.5 Å². The van der Waals surface area contributed by atoms with Crippen LogP contribution in [0.3, 0.4) is 0 Å². The highest BCUT2D eigenvalue weighted by atomic mass is 16.6. The van der Waals surface area contributed by atoms with Gasteiger partial charge in [0.2, 0.25) is 5.91 Å². The van der Waals surface area contributed by atoms with Crippen LogP contribution in [0.1, 0.15) is 33.3 Å². The van der Waals surface area contributed by atoms with E-state index in [0.29, 0.717) is 0 Å². The summed E-state index contributed by atoms with van der Waals surface area (Å²) in [5.74, 6) is -2.63. The van der Waals surface area contributed by atoms with Crippen LogP contribution in [0.15, 0.2) is 30.3 Å².